The van der Waals surface area contributed by atoms with Gasteiger partial charge in [0.05, 0.1) is 14.2 Å². The molecule has 4 aromatic carbocycles. The van der Waals surface area contributed by atoms with Crippen molar-refractivity contribution in [2.24, 2.45) is 0 Å². The first-order valence-corrected chi connectivity index (χ1v) is 9.81. The van der Waals surface area contributed by atoms with Crippen LogP contribution in [0.25, 0.3) is 21.9 Å². The minimum Gasteiger partial charge on any atom is -0.496 e. The predicted octanol–water partition coefficient (Wildman–Crippen LogP) is 6.98. The van der Waals surface area contributed by atoms with Crippen LogP contribution in [0.4, 0.5) is 0 Å². The Labute approximate surface area is 177 Å². The molecule has 0 N–H and O–H groups in total. The predicted molar refractivity (Wildman–Crippen MR) is 126 cm³/mol. The summed E-state index contributed by atoms with van der Waals surface area (Å²) in [7, 11) is 3.33. The summed E-state index contributed by atoms with van der Waals surface area (Å²) in [5.74, 6) is 1.44. The Morgan fingerprint density at radius 2 is 1.13 bits per heavy atom. The van der Waals surface area contributed by atoms with Crippen molar-refractivity contribution in [1.29, 1.82) is 0 Å². The highest BCUT2D eigenvalue weighted by atomic mass is 16.5. The normalized spacial score (nSPS) is 10.6. The summed E-state index contributed by atoms with van der Waals surface area (Å²) in [6, 6.07) is 28.8. The molecule has 2 nitrogen and oxygen atoms in total. The monoisotopic (exact) mass is 392 g/mol. The summed E-state index contributed by atoms with van der Waals surface area (Å²) in [6.45, 7) is 8.71. The number of ether oxygens (including phenoxy) is 2. The Hall–Kier alpha value is -3.78. The van der Waals surface area contributed by atoms with E-state index in [2.05, 4.69) is 49.6 Å². The van der Waals surface area contributed by atoms with E-state index in [-0.39, 0.29) is 0 Å². The molecule has 2 heteroatoms. The van der Waals surface area contributed by atoms with Gasteiger partial charge in [-0.05, 0) is 45.2 Å². The fourth-order valence-electron chi connectivity index (χ4n) is 3.70. The van der Waals surface area contributed by atoms with Crippen molar-refractivity contribution in [3.63, 3.8) is 0 Å². The van der Waals surface area contributed by atoms with E-state index >= 15 is 0 Å². The van der Waals surface area contributed by atoms with Gasteiger partial charge in [0.2, 0.25) is 0 Å². The van der Waals surface area contributed by atoms with Gasteiger partial charge in [-0.3, -0.25) is 0 Å². The molecule has 0 saturated carbocycles. The van der Waals surface area contributed by atoms with Crippen molar-refractivity contribution < 1.29 is 9.47 Å². The first kappa shape index (κ1) is 19.5. The Morgan fingerprint density at radius 3 is 1.77 bits per heavy atom. The van der Waals surface area contributed by atoms with Crippen LogP contribution in [-0.2, 0) is 0 Å². The van der Waals surface area contributed by atoms with Crippen LogP contribution in [0.5, 0.6) is 11.5 Å². The molecule has 0 aromatic heterocycles. The highest BCUT2D eigenvalue weighted by Crippen LogP contribution is 2.39. The summed E-state index contributed by atoms with van der Waals surface area (Å²) in [5.41, 5.74) is 5.71. The number of fused-ring (bicyclic) bond motifs is 1. The van der Waals surface area contributed by atoms with Crippen LogP contribution in [0.3, 0.4) is 0 Å². The molecule has 0 fully saturated rings. The second-order valence-electron chi connectivity index (χ2n) is 7.14. The highest BCUT2D eigenvalue weighted by Gasteiger charge is 2.17. The van der Waals surface area contributed by atoms with E-state index in [0.717, 1.165) is 44.9 Å². The fraction of sp³-hybridized carbons (Fsp3) is 0.0714. The Morgan fingerprint density at radius 1 is 0.567 bits per heavy atom. The lowest BCUT2D eigenvalue weighted by Gasteiger charge is -2.18. The Kier molecular flexibility index (Phi) is 5.40. The van der Waals surface area contributed by atoms with Gasteiger partial charge < -0.3 is 9.47 Å². The van der Waals surface area contributed by atoms with E-state index in [0.29, 0.717) is 0 Å². The molecule has 4 rings (SSSR count). The van der Waals surface area contributed by atoms with Gasteiger partial charge >= 0.3 is 0 Å². The molecule has 0 heterocycles. The fourth-order valence-corrected chi connectivity index (χ4v) is 3.70. The molecule has 4 aromatic rings. The summed E-state index contributed by atoms with van der Waals surface area (Å²) >= 11 is 0. The zero-order valence-electron chi connectivity index (χ0n) is 17.3. The second-order valence-corrected chi connectivity index (χ2v) is 7.14. The van der Waals surface area contributed by atoms with Gasteiger partial charge in [-0.25, -0.2) is 0 Å². The van der Waals surface area contributed by atoms with Crippen molar-refractivity contribution >= 4 is 21.9 Å². The largest absolute Gasteiger partial charge is 0.496 e. The molecular formula is C28H24O2. The van der Waals surface area contributed by atoms with Crippen LogP contribution in [0.2, 0.25) is 0 Å². The molecule has 0 aliphatic rings. The third kappa shape index (κ3) is 3.60. The van der Waals surface area contributed by atoms with Crippen molar-refractivity contribution in [3.8, 4) is 11.5 Å². The van der Waals surface area contributed by atoms with Crippen molar-refractivity contribution in [3.05, 3.63) is 120 Å². The minimum atomic E-state index is 0.717. The molecule has 0 spiro atoms. The maximum atomic E-state index is 5.69. The van der Waals surface area contributed by atoms with Crippen LogP contribution in [0.1, 0.15) is 22.3 Å². The zero-order valence-corrected chi connectivity index (χ0v) is 17.3. The van der Waals surface area contributed by atoms with Crippen LogP contribution < -0.4 is 9.47 Å². The van der Waals surface area contributed by atoms with E-state index in [9.17, 15) is 0 Å². The average Bonchev–Trinajstić information content (AvgIpc) is 2.82. The Balaban J connectivity index is 1.83. The van der Waals surface area contributed by atoms with Gasteiger partial charge in [-0.15, -0.1) is 0 Å². The van der Waals surface area contributed by atoms with Gasteiger partial charge in [-0.2, -0.15) is 0 Å². The van der Waals surface area contributed by atoms with Crippen molar-refractivity contribution in [2.75, 3.05) is 14.2 Å². The number of hydrogen-bond donors (Lipinski definition) is 0. The summed E-state index contributed by atoms with van der Waals surface area (Å²) in [4.78, 5) is 0. The smallest absolute Gasteiger partial charge is 0.130 e. The second kappa shape index (κ2) is 8.30. The molecule has 0 aliphatic heterocycles. The highest BCUT2D eigenvalue weighted by molar-refractivity contribution is 5.92. The van der Waals surface area contributed by atoms with Crippen molar-refractivity contribution in [1.82, 2.24) is 0 Å². The molecule has 0 saturated heterocycles. The first-order chi connectivity index (χ1) is 14.6. The van der Waals surface area contributed by atoms with E-state index in [1.165, 1.54) is 10.8 Å². The summed E-state index contributed by atoms with van der Waals surface area (Å²) in [5, 5.41) is 2.38. The van der Waals surface area contributed by atoms with E-state index in [1.54, 1.807) is 14.2 Å². The molecule has 148 valence electrons. The lowest BCUT2D eigenvalue weighted by atomic mass is 9.91. The van der Waals surface area contributed by atoms with Crippen LogP contribution in [0.15, 0.2) is 98.1 Å². The molecule has 0 atom stereocenters. The first-order valence-electron chi connectivity index (χ1n) is 9.81. The van der Waals surface area contributed by atoms with Gasteiger partial charge in [-0.1, -0.05) is 79.9 Å². The molecule has 0 aliphatic carbocycles. The van der Waals surface area contributed by atoms with Gasteiger partial charge in [0.1, 0.15) is 11.5 Å². The van der Waals surface area contributed by atoms with E-state index < -0.39 is 0 Å². The van der Waals surface area contributed by atoms with E-state index in [4.69, 9.17) is 9.47 Å². The van der Waals surface area contributed by atoms with Gasteiger partial charge in [0.25, 0.3) is 0 Å². The van der Waals surface area contributed by atoms with Gasteiger partial charge in [0, 0.05) is 17.2 Å². The number of hydrogen-bond acceptors (Lipinski definition) is 2. The SMILES string of the molecule is C=C(c1ccccc1)c1cc(C(=C)c2ccc3ccccc3c2)c(OC)cc1OC. The van der Waals surface area contributed by atoms with Crippen molar-refractivity contribution in [2.45, 2.75) is 0 Å². The molecule has 0 unspecified atom stereocenters. The minimum absolute atomic E-state index is 0.717. The maximum absolute atomic E-state index is 5.69. The summed E-state index contributed by atoms with van der Waals surface area (Å²) < 4.78 is 11.3. The molecule has 30 heavy (non-hydrogen) atoms. The third-order valence-electron chi connectivity index (χ3n) is 5.39. The molecule has 0 amide bonds. The Bertz CT molecular complexity index is 1240. The number of benzene rings is 4. The number of methoxy groups -OCH3 is 2. The van der Waals surface area contributed by atoms with Gasteiger partial charge in [0.15, 0.2) is 0 Å². The third-order valence-corrected chi connectivity index (χ3v) is 5.39. The lowest BCUT2D eigenvalue weighted by Crippen LogP contribution is -1.99. The lowest BCUT2D eigenvalue weighted by molar-refractivity contribution is 0.393. The van der Waals surface area contributed by atoms with Crippen LogP contribution in [-0.4, -0.2) is 14.2 Å². The average molecular weight is 392 g/mol. The zero-order chi connectivity index (χ0) is 21.1. The van der Waals surface area contributed by atoms with Crippen LogP contribution in [0, 0.1) is 0 Å². The number of rotatable bonds is 6. The van der Waals surface area contributed by atoms with E-state index in [1.807, 2.05) is 48.5 Å². The molecular weight excluding hydrogens is 368 g/mol. The quantitative estimate of drug-likeness (QED) is 0.352. The summed E-state index contributed by atoms with van der Waals surface area (Å²) in [6.07, 6.45) is 0. The topological polar surface area (TPSA) is 18.5 Å². The molecule has 0 bridgehead atoms. The van der Waals surface area contributed by atoms with Crippen LogP contribution >= 0.6 is 0 Å². The maximum Gasteiger partial charge on any atom is 0.130 e. The molecule has 0 radical (unpaired) electrons. The standard InChI is InChI=1S/C28H24O2/c1-19(21-10-6-5-7-11-21)25-17-26(28(30-4)18-27(25)29-3)20(2)23-15-14-22-12-8-9-13-24(22)16-23/h5-18H,1-2H2,3-4H3.